The van der Waals surface area contributed by atoms with Crippen molar-refractivity contribution in [3.63, 3.8) is 0 Å². The van der Waals surface area contributed by atoms with Gasteiger partial charge < -0.3 is 4.90 Å². The molecule has 7 rings (SSSR count). The predicted molar refractivity (Wildman–Crippen MR) is 132 cm³/mol. The second-order valence-electron chi connectivity index (χ2n) is 8.09. The third kappa shape index (κ3) is 2.22. The van der Waals surface area contributed by atoms with Crippen LogP contribution in [0.5, 0.6) is 0 Å². The molecule has 144 valence electrons. The summed E-state index contributed by atoms with van der Waals surface area (Å²) in [6, 6.07) is 32.6. The van der Waals surface area contributed by atoms with Gasteiger partial charge in [-0.25, -0.2) is 5.01 Å². The number of allylic oxidation sites excluding steroid dienone is 1. The highest BCUT2D eigenvalue weighted by Crippen LogP contribution is 2.42. The maximum Gasteiger partial charge on any atom is 0.252 e. The largest absolute Gasteiger partial charge is 0.311 e. The number of hydrogen-bond acceptors (Lipinski definition) is 3. The van der Waals surface area contributed by atoms with E-state index in [1.807, 2.05) is 12.3 Å². The molecule has 3 aliphatic heterocycles. The van der Waals surface area contributed by atoms with Gasteiger partial charge in [0.25, 0.3) is 6.71 Å². The quantitative estimate of drug-likeness (QED) is 0.391. The molecular weight excluding hydrogens is 377 g/mol. The van der Waals surface area contributed by atoms with Gasteiger partial charge in [-0.15, -0.1) is 0 Å². The molecule has 0 aliphatic carbocycles. The minimum atomic E-state index is 0.176. The van der Waals surface area contributed by atoms with Crippen LogP contribution in [0.15, 0.2) is 102 Å². The summed E-state index contributed by atoms with van der Waals surface area (Å²) in [6.07, 6.45) is 6.06. The molecule has 0 amide bonds. The smallest absolute Gasteiger partial charge is 0.252 e. The van der Waals surface area contributed by atoms with E-state index >= 15 is 0 Å². The van der Waals surface area contributed by atoms with Gasteiger partial charge in [-0.1, -0.05) is 66.7 Å². The molecule has 0 atom stereocenters. The summed E-state index contributed by atoms with van der Waals surface area (Å²) in [6.45, 7) is 0.176. The lowest BCUT2D eigenvalue weighted by Gasteiger charge is -2.42. The summed E-state index contributed by atoms with van der Waals surface area (Å²) in [7, 11) is 0. The number of nitrogens with zero attached hydrogens (tertiary/aromatic N) is 3. The normalized spacial score (nSPS) is 14.6. The van der Waals surface area contributed by atoms with Gasteiger partial charge in [0.2, 0.25) is 0 Å². The van der Waals surface area contributed by atoms with E-state index in [-0.39, 0.29) is 6.71 Å². The van der Waals surface area contributed by atoms with Crippen molar-refractivity contribution in [2.75, 3.05) is 9.91 Å². The minimum absolute atomic E-state index is 0.176. The summed E-state index contributed by atoms with van der Waals surface area (Å²) < 4.78 is 0. The molecule has 0 N–H and O–H groups in total. The van der Waals surface area contributed by atoms with Gasteiger partial charge in [0.1, 0.15) is 0 Å². The van der Waals surface area contributed by atoms with E-state index in [9.17, 15) is 0 Å². The first-order chi connectivity index (χ1) is 15.4. The average molecular weight is 395 g/mol. The molecular formula is C27H18BN3. The number of hydrazone groups is 1. The lowest BCUT2D eigenvalue weighted by atomic mass is 9.33. The maximum absolute atomic E-state index is 4.83. The van der Waals surface area contributed by atoms with Gasteiger partial charge in [-0.05, 0) is 58.4 Å². The van der Waals surface area contributed by atoms with Crippen LogP contribution in [0.25, 0.3) is 6.08 Å². The Labute approximate surface area is 181 Å². The first kappa shape index (κ1) is 16.7. The molecule has 4 aromatic carbocycles. The van der Waals surface area contributed by atoms with E-state index in [2.05, 4.69) is 107 Å². The second kappa shape index (κ2) is 6.23. The number of anilines is 5. The molecule has 4 heteroatoms. The molecule has 31 heavy (non-hydrogen) atoms. The summed E-state index contributed by atoms with van der Waals surface area (Å²) >= 11 is 0. The van der Waals surface area contributed by atoms with E-state index in [0.29, 0.717) is 0 Å². The van der Waals surface area contributed by atoms with Crippen molar-refractivity contribution in [2.24, 2.45) is 5.10 Å². The van der Waals surface area contributed by atoms with E-state index in [1.165, 1.54) is 44.7 Å². The number of rotatable bonds is 1. The Balaban J connectivity index is 1.61. The standard InChI is InChI=1S/C27H18BN3/c1-2-11-20(12-3-1)30-23-15-5-4-13-21(23)28-22-14-6-9-19-10-8-18-29-31(27(19)22)25-17-7-16-24(30)26(25)28/h1-18H. The Morgan fingerprint density at radius 1 is 0.645 bits per heavy atom. The molecule has 0 saturated heterocycles. The predicted octanol–water partition coefficient (Wildman–Crippen LogP) is 4.45. The van der Waals surface area contributed by atoms with Crippen LogP contribution in [-0.4, -0.2) is 12.9 Å². The number of fused-ring (bicyclic) bond motifs is 4. The molecule has 0 fully saturated rings. The van der Waals surface area contributed by atoms with Crippen molar-refractivity contribution in [3.8, 4) is 0 Å². The first-order valence-electron chi connectivity index (χ1n) is 10.6. The van der Waals surface area contributed by atoms with E-state index in [0.717, 1.165) is 5.69 Å². The number of hydrogen-bond donors (Lipinski definition) is 0. The van der Waals surface area contributed by atoms with Crippen molar-refractivity contribution < 1.29 is 0 Å². The van der Waals surface area contributed by atoms with Gasteiger partial charge in [0.05, 0.1) is 11.4 Å². The van der Waals surface area contributed by atoms with E-state index in [4.69, 9.17) is 5.10 Å². The molecule has 3 aliphatic rings. The molecule has 0 aromatic heterocycles. The third-order valence-electron chi connectivity index (χ3n) is 6.49. The van der Waals surface area contributed by atoms with Crippen LogP contribution in [0.3, 0.4) is 0 Å². The van der Waals surface area contributed by atoms with Gasteiger partial charge in [0.15, 0.2) is 0 Å². The number of benzene rings is 4. The maximum atomic E-state index is 4.83. The van der Waals surface area contributed by atoms with Crippen molar-refractivity contribution >= 4 is 63.8 Å². The Kier molecular flexibility index (Phi) is 3.36. The molecule has 0 spiro atoms. The first-order valence-corrected chi connectivity index (χ1v) is 10.6. The van der Waals surface area contributed by atoms with Gasteiger partial charge in [-0.3, -0.25) is 0 Å². The molecule has 0 bridgehead atoms. The summed E-state index contributed by atoms with van der Waals surface area (Å²) in [4.78, 5) is 2.39. The van der Waals surface area contributed by atoms with Gasteiger partial charge in [0, 0.05) is 23.3 Å². The third-order valence-corrected chi connectivity index (χ3v) is 6.49. The lowest BCUT2D eigenvalue weighted by molar-refractivity contribution is 1.10. The monoisotopic (exact) mass is 395 g/mol. The fraction of sp³-hybridized carbons (Fsp3) is 0. The van der Waals surface area contributed by atoms with Crippen molar-refractivity contribution in [3.05, 3.63) is 103 Å². The fourth-order valence-corrected chi connectivity index (χ4v) is 5.30. The Bertz CT molecular complexity index is 1410. The van der Waals surface area contributed by atoms with E-state index in [1.54, 1.807) is 0 Å². The van der Waals surface area contributed by atoms with Crippen molar-refractivity contribution in [1.29, 1.82) is 0 Å². The molecule has 3 nitrogen and oxygen atoms in total. The fourth-order valence-electron chi connectivity index (χ4n) is 5.30. The van der Waals surface area contributed by atoms with Crippen LogP contribution in [0.1, 0.15) is 5.56 Å². The number of para-hydroxylation sites is 3. The zero-order valence-corrected chi connectivity index (χ0v) is 16.8. The lowest BCUT2D eigenvalue weighted by Crippen LogP contribution is -2.61. The minimum Gasteiger partial charge on any atom is -0.311 e. The van der Waals surface area contributed by atoms with Gasteiger partial charge >= 0.3 is 0 Å². The summed E-state index contributed by atoms with van der Waals surface area (Å²) in [5.74, 6) is 0. The zero-order valence-electron chi connectivity index (χ0n) is 16.8. The van der Waals surface area contributed by atoms with Crippen LogP contribution in [0.4, 0.5) is 28.4 Å². The van der Waals surface area contributed by atoms with Crippen molar-refractivity contribution in [2.45, 2.75) is 0 Å². The SMILES string of the molecule is C1=Cc2cccc3c2N(N=C1)c1cccc2c1B3c1ccccc1N2c1ccccc1. The second-order valence-corrected chi connectivity index (χ2v) is 8.09. The van der Waals surface area contributed by atoms with Crippen molar-refractivity contribution in [1.82, 2.24) is 0 Å². The van der Waals surface area contributed by atoms with Crippen LogP contribution >= 0.6 is 0 Å². The molecule has 0 unspecified atom stereocenters. The van der Waals surface area contributed by atoms with Crippen LogP contribution in [-0.2, 0) is 0 Å². The Hall–Kier alpha value is -4.05. The highest BCUT2D eigenvalue weighted by atomic mass is 15.5. The van der Waals surface area contributed by atoms with Crippen LogP contribution < -0.4 is 26.3 Å². The molecule has 0 saturated carbocycles. The zero-order chi connectivity index (χ0) is 20.4. The summed E-state index contributed by atoms with van der Waals surface area (Å²) in [5.41, 5.74) is 11.1. The molecule has 4 aromatic rings. The van der Waals surface area contributed by atoms with E-state index < -0.39 is 0 Å². The Morgan fingerprint density at radius 3 is 2.32 bits per heavy atom. The topological polar surface area (TPSA) is 18.8 Å². The van der Waals surface area contributed by atoms with Crippen LogP contribution in [0.2, 0.25) is 0 Å². The Morgan fingerprint density at radius 2 is 1.39 bits per heavy atom. The highest BCUT2D eigenvalue weighted by Gasteiger charge is 2.43. The van der Waals surface area contributed by atoms with Crippen LogP contribution in [0, 0.1) is 0 Å². The molecule has 0 radical (unpaired) electrons. The highest BCUT2D eigenvalue weighted by molar-refractivity contribution is 7.00. The summed E-state index contributed by atoms with van der Waals surface area (Å²) in [5, 5.41) is 6.95. The average Bonchev–Trinajstić information content (AvgIpc) is 3.05. The van der Waals surface area contributed by atoms with Gasteiger partial charge in [-0.2, -0.15) is 5.10 Å². The molecule has 3 heterocycles.